The van der Waals surface area contributed by atoms with Crippen molar-refractivity contribution in [2.24, 2.45) is 0 Å². The fraction of sp³-hybridized carbons (Fsp3) is 0.174. The molecular weight excluding hydrogens is 451 g/mol. The van der Waals surface area contributed by atoms with Gasteiger partial charge in [-0.05, 0) is 48.0 Å². The van der Waals surface area contributed by atoms with Gasteiger partial charge in [0.1, 0.15) is 0 Å². The van der Waals surface area contributed by atoms with Gasteiger partial charge in [-0.15, -0.1) is 0 Å². The molecule has 7 nitrogen and oxygen atoms in total. The number of aromatic carboxylic acids is 1. The van der Waals surface area contributed by atoms with E-state index < -0.39 is 5.97 Å². The van der Waals surface area contributed by atoms with E-state index in [1.807, 2.05) is 12.1 Å². The maximum atomic E-state index is 13.1. The third kappa shape index (κ3) is 4.49. The summed E-state index contributed by atoms with van der Waals surface area (Å²) in [5.41, 5.74) is 8.19. The van der Waals surface area contributed by atoms with Crippen molar-refractivity contribution in [1.29, 1.82) is 0 Å². The third-order valence-electron chi connectivity index (χ3n) is 5.43. The number of halogens is 2. The van der Waals surface area contributed by atoms with Crippen molar-refractivity contribution in [1.82, 2.24) is 9.88 Å². The highest BCUT2D eigenvalue weighted by molar-refractivity contribution is 6.31. The van der Waals surface area contributed by atoms with Crippen LogP contribution in [0.5, 0.6) is 0 Å². The Bertz CT molecular complexity index is 1150. The van der Waals surface area contributed by atoms with Gasteiger partial charge in [0.2, 0.25) is 0 Å². The van der Waals surface area contributed by atoms with E-state index in [1.165, 1.54) is 24.3 Å². The molecule has 0 radical (unpaired) electrons. The van der Waals surface area contributed by atoms with E-state index in [0.29, 0.717) is 46.7 Å². The lowest BCUT2D eigenvalue weighted by Gasteiger charge is -2.42. The zero-order valence-corrected chi connectivity index (χ0v) is 18.4. The smallest absolute Gasteiger partial charge is 0.335 e. The van der Waals surface area contributed by atoms with Crippen LogP contribution in [0.25, 0.3) is 0 Å². The Hall–Kier alpha value is -3.29. The molecule has 2 aromatic carbocycles. The van der Waals surface area contributed by atoms with E-state index in [9.17, 15) is 9.59 Å². The summed E-state index contributed by atoms with van der Waals surface area (Å²) in [6.07, 6.45) is 1.55. The van der Waals surface area contributed by atoms with E-state index in [4.69, 9.17) is 34.0 Å². The molecule has 0 spiro atoms. The molecule has 32 heavy (non-hydrogen) atoms. The molecule has 1 unspecified atom stereocenters. The van der Waals surface area contributed by atoms with Crippen LogP contribution in [-0.2, 0) is 0 Å². The van der Waals surface area contributed by atoms with Crippen LogP contribution >= 0.6 is 23.2 Å². The molecule has 1 amide bonds. The van der Waals surface area contributed by atoms with Gasteiger partial charge in [0, 0.05) is 36.4 Å². The van der Waals surface area contributed by atoms with E-state index in [0.717, 1.165) is 5.56 Å². The average Bonchev–Trinajstić information content (AvgIpc) is 2.79. The van der Waals surface area contributed by atoms with Crippen LogP contribution in [0.15, 0.2) is 60.8 Å². The summed E-state index contributed by atoms with van der Waals surface area (Å²) < 4.78 is 0. The average molecular weight is 471 g/mol. The lowest BCUT2D eigenvalue weighted by atomic mass is 10.0. The van der Waals surface area contributed by atoms with Crippen molar-refractivity contribution in [2.45, 2.75) is 6.04 Å². The number of piperazine rings is 1. The monoisotopic (exact) mass is 470 g/mol. The van der Waals surface area contributed by atoms with Gasteiger partial charge in [0.25, 0.3) is 5.91 Å². The topological polar surface area (TPSA) is 99.8 Å². The molecule has 0 saturated carbocycles. The van der Waals surface area contributed by atoms with E-state index in [-0.39, 0.29) is 17.5 Å². The van der Waals surface area contributed by atoms with E-state index in [1.54, 1.807) is 29.3 Å². The molecule has 0 bridgehead atoms. The number of nitrogens with zero attached hydrogens (tertiary/aromatic N) is 3. The lowest BCUT2D eigenvalue weighted by molar-refractivity contribution is 0.0691. The quantitative estimate of drug-likeness (QED) is 0.586. The summed E-state index contributed by atoms with van der Waals surface area (Å²) in [4.78, 5) is 32.5. The fourth-order valence-electron chi connectivity index (χ4n) is 3.82. The van der Waals surface area contributed by atoms with Crippen LogP contribution in [0.4, 0.5) is 11.5 Å². The van der Waals surface area contributed by atoms with Gasteiger partial charge in [-0.1, -0.05) is 35.3 Å². The molecule has 1 aromatic heterocycles. The Kier molecular flexibility index (Phi) is 6.21. The second-order valence-electron chi connectivity index (χ2n) is 7.46. The molecule has 1 atom stereocenters. The van der Waals surface area contributed by atoms with E-state index in [2.05, 4.69) is 9.88 Å². The van der Waals surface area contributed by atoms with E-state index >= 15 is 0 Å². The number of anilines is 2. The Balaban J connectivity index is 1.64. The Morgan fingerprint density at radius 1 is 0.969 bits per heavy atom. The molecule has 1 fully saturated rings. The second kappa shape index (κ2) is 9.06. The molecule has 4 rings (SSSR count). The highest BCUT2D eigenvalue weighted by atomic mass is 35.5. The number of hydrogen-bond donors (Lipinski definition) is 2. The van der Waals surface area contributed by atoms with Crippen LogP contribution in [0, 0.1) is 0 Å². The number of carboxylic acid groups (broad SMARTS) is 1. The predicted molar refractivity (Wildman–Crippen MR) is 125 cm³/mol. The molecule has 2 heterocycles. The normalized spacial score (nSPS) is 16.1. The van der Waals surface area contributed by atoms with Crippen molar-refractivity contribution in [3.63, 3.8) is 0 Å². The largest absolute Gasteiger partial charge is 0.478 e. The maximum absolute atomic E-state index is 13.1. The van der Waals surface area contributed by atoms with Crippen molar-refractivity contribution in [3.8, 4) is 0 Å². The third-order valence-corrected chi connectivity index (χ3v) is 5.89. The Morgan fingerprint density at radius 3 is 2.25 bits per heavy atom. The van der Waals surface area contributed by atoms with Crippen molar-refractivity contribution in [2.75, 3.05) is 30.3 Å². The van der Waals surface area contributed by atoms with Crippen molar-refractivity contribution < 1.29 is 14.7 Å². The van der Waals surface area contributed by atoms with Gasteiger partial charge >= 0.3 is 5.97 Å². The number of aromatic nitrogens is 1. The summed E-state index contributed by atoms with van der Waals surface area (Å²) in [6.45, 7) is 1.35. The number of carbonyl (C=O) groups is 2. The van der Waals surface area contributed by atoms with Crippen LogP contribution in [0.3, 0.4) is 0 Å². The molecule has 3 aromatic rings. The maximum Gasteiger partial charge on any atom is 0.335 e. The minimum Gasteiger partial charge on any atom is -0.478 e. The SMILES string of the molecule is Nc1cc(Cl)cnc1N1CCN(C(=O)c2ccc(C(=O)O)cc2)CC1c1ccc(Cl)cc1. The zero-order valence-electron chi connectivity index (χ0n) is 16.9. The fourth-order valence-corrected chi connectivity index (χ4v) is 4.11. The van der Waals surface area contributed by atoms with Crippen molar-refractivity contribution in [3.05, 3.63) is 87.5 Å². The first-order valence-corrected chi connectivity index (χ1v) is 10.6. The first-order chi connectivity index (χ1) is 15.3. The molecular formula is C23H20Cl2N4O3. The Morgan fingerprint density at radius 2 is 1.62 bits per heavy atom. The summed E-state index contributed by atoms with van der Waals surface area (Å²) in [5, 5.41) is 10.2. The second-order valence-corrected chi connectivity index (χ2v) is 8.33. The number of nitrogens with two attached hydrogens (primary N) is 1. The molecule has 0 aliphatic carbocycles. The minimum atomic E-state index is -1.03. The van der Waals surface area contributed by atoms with Gasteiger partial charge < -0.3 is 20.6 Å². The van der Waals surface area contributed by atoms with Gasteiger partial charge in [0.05, 0.1) is 22.3 Å². The van der Waals surface area contributed by atoms with Gasteiger partial charge in [-0.2, -0.15) is 0 Å². The lowest BCUT2D eigenvalue weighted by Crippen LogP contribution is -2.51. The number of amides is 1. The Labute approximate surface area is 195 Å². The van der Waals surface area contributed by atoms with Crippen LogP contribution in [0.2, 0.25) is 10.0 Å². The van der Waals surface area contributed by atoms with Gasteiger partial charge in [0.15, 0.2) is 5.82 Å². The molecule has 1 aliphatic rings. The van der Waals surface area contributed by atoms with Crippen molar-refractivity contribution >= 4 is 46.6 Å². The number of benzene rings is 2. The molecule has 1 aliphatic heterocycles. The summed E-state index contributed by atoms with van der Waals surface area (Å²) >= 11 is 12.1. The molecule has 3 N–H and O–H groups in total. The summed E-state index contributed by atoms with van der Waals surface area (Å²) in [7, 11) is 0. The highest BCUT2D eigenvalue weighted by Crippen LogP contribution is 2.34. The first kappa shape index (κ1) is 21.9. The molecule has 1 saturated heterocycles. The molecule has 9 heteroatoms. The first-order valence-electron chi connectivity index (χ1n) is 9.89. The molecule has 164 valence electrons. The minimum absolute atomic E-state index is 0.134. The highest BCUT2D eigenvalue weighted by Gasteiger charge is 2.33. The number of carboxylic acids is 1. The number of nitrogen functional groups attached to an aromatic ring is 1. The number of hydrogen-bond acceptors (Lipinski definition) is 5. The van der Waals surface area contributed by atoms with Crippen LogP contribution in [-0.4, -0.2) is 46.5 Å². The summed E-state index contributed by atoms with van der Waals surface area (Å²) in [6, 6.07) is 14.8. The van der Waals surface area contributed by atoms with Gasteiger partial charge in [-0.25, -0.2) is 9.78 Å². The van der Waals surface area contributed by atoms with Crippen LogP contribution < -0.4 is 10.6 Å². The number of rotatable bonds is 4. The predicted octanol–water partition coefficient (Wildman–Crippen LogP) is 4.37. The number of carbonyl (C=O) groups excluding carboxylic acids is 1. The summed E-state index contributed by atoms with van der Waals surface area (Å²) in [5.74, 6) is -0.599. The standard InChI is InChI=1S/C23H20Cl2N4O3/c24-17-7-5-14(6-8-17)20-13-28(22(30)15-1-3-16(4-2-15)23(31)32)9-10-29(20)21-19(26)11-18(25)12-27-21/h1-8,11-12,20H,9-10,13,26H2,(H,31,32). The van der Waals surface area contributed by atoms with Crippen LogP contribution in [0.1, 0.15) is 32.3 Å². The van der Waals surface area contributed by atoms with Gasteiger partial charge in [-0.3, -0.25) is 4.79 Å². The number of pyridine rings is 1. The zero-order chi connectivity index (χ0) is 22.8.